The molecule has 4 heterocycles. The molecule has 2 N–H and O–H groups in total. The van der Waals surface area contributed by atoms with E-state index in [1.807, 2.05) is 65.4 Å². The maximum absolute atomic E-state index is 13.1. The molecule has 7 nitrogen and oxygen atoms in total. The van der Waals surface area contributed by atoms with Crippen molar-refractivity contribution >= 4 is 44.3 Å². The summed E-state index contributed by atoms with van der Waals surface area (Å²) in [5, 5.41) is 7.03. The number of H-pyrrole nitrogens is 1. The Kier molecular flexibility index (Phi) is 4.73. The van der Waals surface area contributed by atoms with Crippen molar-refractivity contribution in [1.82, 2.24) is 19.5 Å². The lowest BCUT2D eigenvalue weighted by Gasteiger charge is -2.10. The third-order valence-corrected chi connectivity index (χ3v) is 6.04. The number of carbonyl (C=O) groups is 1. The Balaban J connectivity index is 1.39. The third kappa shape index (κ3) is 3.44. The van der Waals surface area contributed by atoms with Gasteiger partial charge >= 0.3 is 0 Å². The van der Waals surface area contributed by atoms with Crippen LogP contribution < -0.4 is 10.1 Å². The minimum atomic E-state index is -0.109. The van der Waals surface area contributed by atoms with Crippen LogP contribution in [0.4, 0.5) is 5.69 Å². The van der Waals surface area contributed by atoms with Gasteiger partial charge in [0.15, 0.2) is 0 Å². The smallest absolute Gasteiger partial charge is 0.244 e. The Hall–Kier alpha value is -4.65. The van der Waals surface area contributed by atoms with E-state index in [0.29, 0.717) is 0 Å². The quantitative estimate of drug-likeness (QED) is 0.372. The highest BCUT2D eigenvalue weighted by molar-refractivity contribution is 6.03. The lowest BCUT2D eigenvalue weighted by atomic mass is 10.1. The highest BCUT2D eigenvalue weighted by Crippen LogP contribution is 2.34. The van der Waals surface area contributed by atoms with Crippen LogP contribution in [0.25, 0.3) is 44.0 Å². The standard InChI is InChI=1S/C27H21N5O2/c1-34-19-7-8-25-21(13-19)22(24-12-17-5-3-10-29-27(17)31-24)15-32(25)16-26(33)30-23-6-2-4-18-14-28-11-9-20(18)23/h2-15H,16H2,1H3,(H,29,31)(H,30,33). The summed E-state index contributed by atoms with van der Waals surface area (Å²) in [5.41, 5.74) is 4.46. The van der Waals surface area contributed by atoms with E-state index in [0.717, 1.165) is 55.4 Å². The van der Waals surface area contributed by atoms with Crippen molar-refractivity contribution in [2.24, 2.45) is 0 Å². The van der Waals surface area contributed by atoms with Crippen LogP contribution in [0.1, 0.15) is 0 Å². The van der Waals surface area contributed by atoms with Gasteiger partial charge in [-0.15, -0.1) is 0 Å². The summed E-state index contributed by atoms with van der Waals surface area (Å²) in [4.78, 5) is 25.1. The van der Waals surface area contributed by atoms with E-state index in [9.17, 15) is 4.79 Å². The molecule has 0 atom stereocenters. The number of fused-ring (bicyclic) bond motifs is 3. The number of amides is 1. The van der Waals surface area contributed by atoms with Crippen molar-refractivity contribution in [1.29, 1.82) is 0 Å². The van der Waals surface area contributed by atoms with Gasteiger partial charge in [-0.2, -0.15) is 0 Å². The predicted octanol–water partition coefficient (Wildman–Crippen LogP) is 5.38. The lowest BCUT2D eigenvalue weighted by Crippen LogP contribution is -2.18. The Morgan fingerprint density at radius 3 is 2.82 bits per heavy atom. The molecule has 2 aromatic carbocycles. The van der Waals surface area contributed by atoms with Gasteiger partial charge in [0.05, 0.1) is 7.11 Å². The fourth-order valence-electron chi connectivity index (χ4n) is 4.43. The van der Waals surface area contributed by atoms with Gasteiger partial charge in [0, 0.05) is 68.8 Å². The van der Waals surface area contributed by atoms with E-state index in [1.165, 1.54) is 0 Å². The number of benzene rings is 2. The van der Waals surface area contributed by atoms with Crippen molar-refractivity contribution in [3.05, 3.63) is 85.5 Å². The van der Waals surface area contributed by atoms with Crippen molar-refractivity contribution < 1.29 is 9.53 Å². The largest absolute Gasteiger partial charge is 0.497 e. The minimum absolute atomic E-state index is 0.109. The summed E-state index contributed by atoms with van der Waals surface area (Å²) in [6.45, 7) is 0.169. The van der Waals surface area contributed by atoms with Crippen LogP contribution in [0.15, 0.2) is 85.5 Å². The number of hydrogen-bond donors (Lipinski definition) is 2. The van der Waals surface area contributed by atoms with Crippen LogP contribution >= 0.6 is 0 Å². The molecule has 7 heteroatoms. The number of methoxy groups -OCH3 is 1. The zero-order valence-corrected chi connectivity index (χ0v) is 18.4. The van der Waals surface area contributed by atoms with E-state index in [2.05, 4.69) is 26.3 Å². The van der Waals surface area contributed by atoms with Gasteiger partial charge in [0.1, 0.15) is 17.9 Å². The molecule has 0 spiro atoms. The average Bonchev–Trinajstić information content (AvgIpc) is 3.45. The monoisotopic (exact) mass is 447 g/mol. The van der Waals surface area contributed by atoms with Crippen LogP contribution in [0, 0.1) is 0 Å². The number of nitrogens with one attached hydrogen (secondary N) is 2. The van der Waals surface area contributed by atoms with Gasteiger partial charge in [-0.1, -0.05) is 12.1 Å². The van der Waals surface area contributed by atoms with Gasteiger partial charge < -0.3 is 19.6 Å². The molecule has 4 aromatic heterocycles. The summed E-state index contributed by atoms with van der Waals surface area (Å²) in [5.74, 6) is 0.649. The Labute approximate surface area is 195 Å². The Morgan fingerprint density at radius 2 is 1.94 bits per heavy atom. The molecule has 0 saturated carbocycles. The molecule has 166 valence electrons. The van der Waals surface area contributed by atoms with Crippen LogP contribution in [0.2, 0.25) is 0 Å². The molecule has 0 aliphatic heterocycles. The van der Waals surface area contributed by atoms with Crippen LogP contribution in [0.5, 0.6) is 5.75 Å². The van der Waals surface area contributed by atoms with Gasteiger partial charge in [0.25, 0.3) is 0 Å². The van der Waals surface area contributed by atoms with Gasteiger partial charge in [0.2, 0.25) is 5.91 Å². The van der Waals surface area contributed by atoms with E-state index in [4.69, 9.17) is 4.74 Å². The van der Waals surface area contributed by atoms with E-state index >= 15 is 0 Å². The van der Waals surface area contributed by atoms with Crippen molar-refractivity contribution in [2.45, 2.75) is 6.54 Å². The summed E-state index contributed by atoms with van der Waals surface area (Å²) in [7, 11) is 1.65. The molecule has 0 unspecified atom stereocenters. The minimum Gasteiger partial charge on any atom is -0.497 e. The van der Waals surface area contributed by atoms with Crippen molar-refractivity contribution in [3.8, 4) is 17.0 Å². The zero-order chi connectivity index (χ0) is 23.1. The van der Waals surface area contributed by atoms with E-state index < -0.39 is 0 Å². The summed E-state index contributed by atoms with van der Waals surface area (Å²) >= 11 is 0. The van der Waals surface area contributed by atoms with E-state index in [1.54, 1.807) is 25.7 Å². The highest BCUT2D eigenvalue weighted by Gasteiger charge is 2.16. The molecule has 0 radical (unpaired) electrons. The number of aromatic amines is 1. The molecular weight excluding hydrogens is 426 g/mol. The fourth-order valence-corrected chi connectivity index (χ4v) is 4.43. The lowest BCUT2D eigenvalue weighted by molar-refractivity contribution is -0.116. The van der Waals surface area contributed by atoms with Gasteiger partial charge in [-0.05, 0) is 48.5 Å². The summed E-state index contributed by atoms with van der Waals surface area (Å²) in [6.07, 6.45) is 7.29. The first-order valence-electron chi connectivity index (χ1n) is 10.9. The zero-order valence-electron chi connectivity index (χ0n) is 18.4. The molecule has 1 amide bonds. The number of rotatable bonds is 5. The number of anilines is 1. The summed E-state index contributed by atoms with van der Waals surface area (Å²) < 4.78 is 7.43. The maximum atomic E-state index is 13.1. The Morgan fingerprint density at radius 1 is 1.03 bits per heavy atom. The van der Waals surface area contributed by atoms with Crippen LogP contribution in [-0.2, 0) is 11.3 Å². The topological polar surface area (TPSA) is 84.8 Å². The molecule has 0 aliphatic carbocycles. The van der Waals surface area contributed by atoms with Gasteiger partial charge in [-0.25, -0.2) is 4.98 Å². The normalized spacial score (nSPS) is 11.3. The maximum Gasteiger partial charge on any atom is 0.244 e. The molecule has 34 heavy (non-hydrogen) atoms. The molecule has 6 aromatic rings. The average molecular weight is 447 g/mol. The summed E-state index contributed by atoms with van der Waals surface area (Å²) in [6, 6.07) is 19.6. The van der Waals surface area contributed by atoms with Crippen LogP contribution in [0.3, 0.4) is 0 Å². The number of ether oxygens (including phenoxy) is 1. The first kappa shape index (κ1) is 20.0. The molecule has 0 bridgehead atoms. The first-order chi connectivity index (χ1) is 16.7. The third-order valence-electron chi connectivity index (χ3n) is 6.04. The number of aromatic nitrogens is 4. The van der Waals surface area contributed by atoms with Crippen LogP contribution in [-0.4, -0.2) is 32.5 Å². The number of pyridine rings is 2. The molecule has 6 rings (SSSR count). The second kappa shape index (κ2) is 8.04. The Bertz CT molecular complexity index is 1640. The first-order valence-corrected chi connectivity index (χ1v) is 10.9. The van der Waals surface area contributed by atoms with Gasteiger partial charge in [-0.3, -0.25) is 9.78 Å². The molecule has 0 saturated heterocycles. The van der Waals surface area contributed by atoms with Crippen molar-refractivity contribution in [2.75, 3.05) is 12.4 Å². The molecule has 0 aliphatic rings. The molecule has 0 fully saturated rings. The second-order valence-electron chi connectivity index (χ2n) is 8.13. The number of nitrogens with zero attached hydrogens (tertiary/aromatic N) is 3. The highest BCUT2D eigenvalue weighted by atomic mass is 16.5. The predicted molar refractivity (Wildman–Crippen MR) is 134 cm³/mol. The SMILES string of the molecule is COc1ccc2c(c1)c(-c1cc3cccnc3[nH]1)cn2CC(=O)Nc1cccc2cnccc12. The van der Waals surface area contributed by atoms with Crippen molar-refractivity contribution in [3.63, 3.8) is 0 Å². The fraction of sp³-hybridized carbons (Fsp3) is 0.0741. The number of hydrogen-bond acceptors (Lipinski definition) is 4. The van der Waals surface area contributed by atoms with E-state index in [-0.39, 0.29) is 12.5 Å². The number of carbonyl (C=O) groups excluding carboxylic acids is 1. The molecular formula is C27H21N5O2. The second-order valence-corrected chi connectivity index (χ2v) is 8.13.